The van der Waals surface area contributed by atoms with E-state index in [1.165, 1.54) is 6.07 Å². The van der Waals surface area contributed by atoms with Crippen molar-refractivity contribution < 1.29 is 8.78 Å². The van der Waals surface area contributed by atoms with E-state index in [1.807, 2.05) is 0 Å². The molecule has 0 spiro atoms. The summed E-state index contributed by atoms with van der Waals surface area (Å²) in [6, 6.07) is 4.83. The molecule has 0 saturated carbocycles. The Balaban J connectivity index is 0.00000121. The van der Waals surface area contributed by atoms with E-state index in [0.29, 0.717) is 5.39 Å². The van der Waals surface area contributed by atoms with Crippen LogP contribution >= 0.6 is 11.6 Å². The van der Waals surface area contributed by atoms with Gasteiger partial charge in [0, 0.05) is 17.1 Å². The van der Waals surface area contributed by atoms with Crippen LogP contribution in [0.1, 0.15) is 5.69 Å². The Bertz CT molecular complexity index is 839. The maximum absolute atomic E-state index is 14.4. The van der Waals surface area contributed by atoms with Gasteiger partial charge in [-0.2, -0.15) is 0 Å². The monoisotopic (exact) mass is 356 g/mol. The number of nitrogen functional groups attached to an aromatic ring is 1. The first-order valence-electron chi connectivity index (χ1n) is 5.73. The van der Waals surface area contributed by atoms with Crippen LogP contribution in [0.4, 0.5) is 14.5 Å². The first-order chi connectivity index (χ1) is 9.50. The number of nitrogens with zero attached hydrogens (tertiary/aromatic N) is 1. The molecule has 105 valence electrons. The number of pyridine rings is 1. The van der Waals surface area contributed by atoms with Crippen molar-refractivity contribution in [1.82, 2.24) is 9.97 Å². The summed E-state index contributed by atoms with van der Waals surface area (Å²) in [6.07, 6.45) is 1.60. The van der Waals surface area contributed by atoms with E-state index < -0.39 is 11.6 Å². The second kappa shape index (κ2) is 8.05. The van der Waals surface area contributed by atoms with Crippen LogP contribution in [0.5, 0.6) is 0 Å². The quantitative estimate of drug-likeness (QED) is 0.659. The third-order valence-corrected chi connectivity index (χ3v) is 3.52. The summed E-state index contributed by atoms with van der Waals surface area (Å²) < 4.78 is 28.6. The molecule has 0 unspecified atom stereocenters. The predicted octanol–water partition coefficient (Wildman–Crippen LogP) is 2.63. The molecule has 2 heterocycles. The van der Waals surface area contributed by atoms with Crippen LogP contribution in [0.15, 0.2) is 24.4 Å². The van der Waals surface area contributed by atoms with Gasteiger partial charge >= 0.3 is 80.9 Å². The fourth-order valence-corrected chi connectivity index (χ4v) is 2.19. The summed E-state index contributed by atoms with van der Waals surface area (Å²) in [5, 5.41) is 0.621. The number of nitrogens with two attached hydrogens (primary N) is 1. The summed E-state index contributed by atoms with van der Waals surface area (Å²) in [7, 11) is 0. The van der Waals surface area contributed by atoms with Gasteiger partial charge in [-0.1, -0.05) is 17.7 Å². The van der Waals surface area contributed by atoms with Crippen molar-refractivity contribution in [2.75, 3.05) is 5.73 Å². The molecule has 0 fully saturated rings. The SMILES string of the molecule is [CH2]c1nc(-c2ccc3cc[nH]c3c2F)c(F)c(N)c1Cl.[KH].[NaH]. The summed E-state index contributed by atoms with van der Waals surface area (Å²) in [4.78, 5) is 6.66. The van der Waals surface area contributed by atoms with Crippen molar-refractivity contribution in [2.45, 2.75) is 0 Å². The second-order valence-corrected chi connectivity index (χ2v) is 4.70. The molecule has 0 aliphatic rings. The van der Waals surface area contributed by atoms with E-state index in [1.54, 1.807) is 18.3 Å². The Morgan fingerprint density at radius 3 is 2.55 bits per heavy atom. The Hall–Kier alpha value is 0.496. The molecule has 0 aliphatic heterocycles. The van der Waals surface area contributed by atoms with Gasteiger partial charge in [0.15, 0.2) is 11.6 Å². The topological polar surface area (TPSA) is 54.7 Å². The molecular formula is C14H11ClF2KN3Na. The van der Waals surface area contributed by atoms with Gasteiger partial charge in [0.1, 0.15) is 5.69 Å². The zero-order chi connectivity index (χ0) is 14.4. The number of rotatable bonds is 1. The fraction of sp³-hybridized carbons (Fsp3) is 0. The molecule has 0 saturated heterocycles. The molecular weight excluding hydrogens is 346 g/mol. The average molecular weight is 357 g/mol. The number of hydrogen-bond acceptors (Lipinski definition) is 2. The number of halogens is 3. The van der Waals surface area contributed by atoms with E-state index in [4.69, 9.17) is 17.3 Å². The van der Waals surface area contributed by atoms with Crippen molar-refractivity contribution in [1.29, 1.82) is 0 Å². The maximum atomic E-state index is 14.4. The van der Waals surface area contributed by atoms with Gasteiger partial charge in [-0.3, -0.25) is 0 Å². The van der Waals surface area contributed by atoms with E-state index in [0.717, 1.165) is 0 Å². The molecule has 0 atom stereocenters. The molecule has 0 amide bonds. The molecule has 0 aliphatic carbocycles. The van der Waals surface area contributed by atoms with E-state index in [9.17, 15) is 8.78 Å². The first kappa shape index (κ1) is 20.5. The molecule has 0 bridgehead atoms. The van der Waals surface area contributed by atoms with Crippen molar-refractivity contribution >= 4 is 109 Å². The van der Waals surface area contributed by atoms with Gasteiger partial charge in [-0.05, 0) is 19.1 Å². The Kier molecular flexibility index (Phi) is 7.51. The summed E-state index contributed by atoms with van der Waals surface area (Å²) in [5.41, 5.74) is 5.45. The molecule has 1 radical (unpaired) electrons. The third-order valence-electron chi connectivity index (χ3n) is 3.10. The zero-order valence-corrected chi connectivity index (χ0v) is 10.9. The van der Waals surface area contributed by atoms with Gasteiger partial charge in [0.25, 0.3) is 0 Å². The van der Waals surface area contributed by atoms with E-state index in [2.05, 4.69) is 16.9 Å². The second-order valence-electron chi connectivity index (χ2n) is 4.32. The van der Waals surface area contributed by atoms with Crippen LogP contribution in [0, 0.1) is 18.6 Å². The van der Waals surface area contributed by atoms with Gasteiger partial charge in [0.05, 0.1) is 21.9 Å². The fourth-order valence-electron chi connectivity index (χ4n) is 2.07. The number of H-pyrrole nitrogens is 1. The summed E-state index contributed by atoms with van der Waals surface area (Å²) >= 11 is 5.77. The Labute approximate surface area is 195 Å². The molecule has 3 rings (SSSR count). The number of aromatic nitrogens is 2. The van der Waals surface area contributed by atoms with Crippen LogP contribution in [0.2, 0.25) is 5.02 Å². The number of benzene rings is 1. The number of hydrogen-bond donors (Lipinski definition) is 2. The van der Waals surface area contributed by atoms with Crippen LogP contribution in [-0.2, 0) is 0 Å². The molecule has 22 heavy (non-hydrogen) atoms. The molecule has 3 N–H and O–H groups in total. The number of anilines is 1. The summed E-state index contributed by atoms with van der Waals surface area (Å²) in [5.74, 6) is -1.45. The van der Waals surface area contributed by atoms with Crippen LogP contribution in [0.25, 0.3) is 22.2 Å². The van der Waals surface area contributed by atoms with Crippen molar-refractivity contribution in [3.05, 3.63) is 53.7 Å². The van der Waals surface area contributed by atoms with Crippen LogP contribution < -0.4 is 5.73 Å². The number of fused-ring (bicyclic) bond motifs is 1. The van der Waals surface area contributed by atoms with E-state index in [-0.39, 0.29) is 114 Å². The molecule has 1 aromatic carbocycles. The first-order valence-corrected chi connectivity index (χ1v) is 6.11. The van der Waals surface area contributed by atoms with Crippen molar-refractivity contribution in [3.8, 4) is 11.3 Å². The van der Waals surface area contributed by atoms with Crippen molar-refractivity contribution in [3.63, 3.8) is 0 Å². The molecule has 3 nitrogen and oxygen atoms in total. The predicted molar refractivity (Wildman–Crippen MR) is 89.6 cm³/mol. The van der Waals surface area contributed by atoms with E-state index >= 15 is 0 Å². The Morgan fingerprint density at radius 1 is 1.18 bits per heavy atom. The summed E-state index contributed by atoms with van der Waals surface area (Å²) in [6.45, 7) is 3.57. The third kappa shape index (κ3) is 3.45. The number of aromatic amines is 1. The van der Waals surface area contributed by atoms with Crippen LogP contribution in [0.3, 0.4) is 0 Å². The van der Waals surface area contributed by atoms with Crippen LogP contribution in [-0.4, -0.2) is 90.9 Å². The average Bonchev–Trinajstić information content (AvgIpc) is 2.91. The Morgan fingerprint density at radius 2 is 1.86 bits per heavy atom. The molecule has 8 heteroatoms. The van der Waals surface area contributed by atoms with Gasteiger partial charge in [0.2, 0.25) is 0 Å². The minimum atomic E-state index is -0.854. The van der Waals surface area contributed by atoms with Gasteiger partial charge in [-0.15, -0.1) is 0 Å². The molecule has 3 aromatic rings. The van der Waals surface area contributed by atoms with Crippen molar-refractivity contribution in [2.24, 2.45) is 0 Å². The molecule has 2 aromatic heterocycles. The van der Waals surface area contributed by atoms with Gasteiger partial charge in [-0.25, -0.2) is 13.8 Å². The minimum absolute atomic E-state index is 0. The standard InChI is InChI=1S/C14H9ClF2N3.K.Na.2H/c1-6-9(15)12(18)11(17)14(20-6)8-3-2-7-4-5-19-13(7)10(8)16;;;;/h2-5,19H,1H2,(H2,18,20);;;;. The number of nitrogens with one attached hydrogen (secondary N) is 1. The van der Waals surface area contributed by atoms with Gasteiger partial charge < -0.3 is 10.7 Å². The normalized spacial score (nSPS) is 10.2. The zero-order valence-electron chi connectivity index (χ0n) is 10.2.